The molecule has 0 spiro atoms. The molecule has 0 fully saturated rings. The van der Waals surface area contributed by atoms with E-state index in [0.717, 1.165) is 11.3 Å². The standard InChI is InChI=1S/C15H14ClFN2O/c1-10-4-2-3-5-13(10)18-9-15(20)19-14-8-11(16)6-7-12(14)17/h2-8,18H,9H2,1H3,(H,19,20). The molecule has 2 rings (SSSR count). The van der Waals surface area contributed by atoms with E-state index in [0.29, 0.717) is 5.02 Å². The molecule has 2 aromatic carbocycles. The summed E-state index contributed by atoms with van der Waals surface area (Å²) in [4.78, 5) is 11.8. The van der Waals surface area contributed by atoms with Crippen molar-refractivity contribution in [2.45, 2.75) is 6.92 Å². The first kappa shape index (κ1) is 14.3. The number of rotatable bonds is 4. The van der Waals surface area contributed by atoms with Crippen molar-refractivity contribution in [3.63, 3.8) is 0 Å². The summed E-state index contributed by atoms with van der Waals surface area (Å²) < 4.78 is 13.5. The molecule has 5 heteroatoms. The molecular weight excluding hydrogens is 279 g/mol. The van der Waals surface area contributed by atoms with E-state index in [1.165, 1.54) is 18.2 Å². The van der Waals surface area contributed by atoms with Gasteiger partial charge in [-0.05, 0) is 36.8 Å². The minimum absolute atomic E-state index is 0.0524. The highest BCUT2D eigenvalue weighted by atomic mass is 35.5. The van der Waals surface area contributed by atoms with Gasteiger partial charge in [-0.2, -0.15) is 0 Å². The summed E-state index contributed by atoms with van der Waals surface area (Å²) in [5, 5.41) is 5.85. The summed E-state index contributed by atoms with van der Waals surface area (Å²) in [5.74, 6) is -0.854. The zero-order chi connectivity index (χ0) is 14.5. The van der Waals surface area contributed by atoms with Crippen LogP contribution in [0.3, 0.4) is 0 Å². The second kappa shape index (κ2) is 6.39. The zero-order valence-electron chi connectivity index (χ0n) is 10.9. The molecule has 0 atom stereocenters. The van der Waals surface area contributed by atoms with Gasteiger partial charge in [0.25, 0.3) is 0 Å². The number of hydrogen-bond donors (Lipinski definition) is 2. The molecule has 3 nitrogen and oxygen atoms in total. The van der Waals surface area contributed by atoms with Crippen LogP contribution in [0.15, 0.2) is 42.5 Å². The quantitative estimate of drug-likeness (QED) is 0.899. The predicted octanol–water partition coefficient (Wildman–Crippen LogP) is 3.84. The molecule has 0 saturated heterocycles. The van der Waals surface area contributed by atoms with E-state index in [2.05, 4.69) is 10.6 Å². The third kappa shape index (κ3) is 3.71. The van der Waals surface area contributed by atoms with Gasteiger partial charge >= 0.3 is 0 Å². The topological polar surface area (TPSA) is 41.1 Å². The highest BCUT2D eigenvalue weighted by Crippen LogP contribution is 2.19. The fourth-order valence-corrected chi connectivity index (χ4v) is 1.91. The van der Waals surface area contributed by atoms with Crippen LogP contribution >= 0.6 is 11.6 Å². The van der Waals surface area contributed by atoms with Crippen molar-refractivity contribution in [2.75, 3.05) is 17.2 Å². The maximum Gasteiger partial charge on any atom is 0.243 e. The summed E-state index contributed by atoms with van der Waals surface area (Å²) in [7, 11) is 0. The number of carbonyl (C=O) groups is 1. The molecule has 0 aliphatic rings. The molecule has 1 amide bonds. The van der Waals surface area contributed by atoms with Crippen molar-refractivity contribution in [3.8, 4) is 0 Å². The van der Waals surface area contributed by atoms with Crippen LogP contribution in [0.25, 0.3) is 0 Å². The van der Waals surface area contributed by atoms with Crippen molar-refractivity contribution in [2.24, 2.45) is 0 Å². The van der Waals surface area contributed by atoms with Crippen molar-refractivity contribution in [1.29, 1.82) is 0 Å². The SMILES string of the molecule is Cc1ccccc1NCC(=O)Nc1cc(Cl)ccc1F. The number of anilines is 2. The van der Waals surface area contributed by atoms with Gasteiger partial charge in [-0.15, -0.1) is 0 Å². The average molecular weight is 293 g/mol. The summed E-state index contributed by atoms with van der Waals surface area (Å²) >= 11 is 5.76. The van der Waals surface area contributed by atoms with E-state index in [4.69, 9.17) is 11.6 Å². The van der Waals surface area contributed by atoms with Crippen LogP contribution in [0.5, 0.6) is 0 Å². The molecule has 0 aromatic heterocycles. The van der Waals surface area contributed by atoms with E-state index < -0.39 is 5.82 Å². The van der Waals surface area contributed by atoms with Crippen molar-refractivity contribution < 1.29 is 9.18 Å². The molecule has 104 valence electrons. The van der Waals surface area contributed by atoms with Gasteiger partial charge in [-0.1, -0.05) is 29.8 Å². The largest absolute Gasteiger partial charge is 0.376 e. The van der Waals surface area contributed by atoms with Gasteiger partial charge < -0.3 is 10.6 Å². The third-order valence-corrected chi connectivity index (χ3v) is 3.02. The lowest BCUT2D eigenvalue weighted by Gasteiger charge is -2.10. The smallest absolute Gasteiger partial charge is 0.243 e. The molecule has 2 aromatic rings. The van der Waals surface area contributed by atoms with Gasteiger partial charge in [0.05, 0.1) is 12.2 Å². The van der Waals surface area contributed by atoms with Gasteiger partial charge in [0, 0.05) is 10.7 Å². The summed E-state index contributed by atoms with van der Waals surface area (Å²) in [6.07, 6.45) is 0. The van der Waals surface area contributed by atoms with Gasteiger partial charge in [0.15, 0.2) is 0 Å². The zero-order valence-corrected chi connectivity index (χ0v) is 11.7. The van der Waals surface area contributed by atoms with E-state index >= 15 is 0 Å². The molecule has 0 aliphatic heterocycles. The first-order valence-corrected chi connectivity index (χ1v) is 6.48. The van der Waals surface area contributed by atoms with Crippen LogP contribution in [-0.4, -0.2) is 12.5 Å². The van der Waals surface area contributed by atoms with E-state index in [1.54, 1.807) is 0 Å². The molecule has 0 heterocycles. The van der Waals surface area contributed by atoms with Gasteiger partial charge in [-0.25, -0.2) is 4.39 Å². The highest BCUT2D eigenvalue weighted by molar-refractivity contribution is 6.30. The summed E-state index contributed by atoms with van der Waals surface area (Å²) in [6, 6.07) is 11.6. The number of halogens is 2. The minimum Gasteiger partial charge on any atom is -0.376 e. The van der Waals surface area contributed by atoms with Crippen LogP contribution in [0.1, 0.15) is 5.56 Å². The Bertz CT molecular complexity index is 631. The molecule has 0 bridgehead atoms. The van der Waals surface area contributed by atoms with Crippen LogP contribution in [0.2, 0.25) is 5.02 Å². The Hall–Kier alpha value is -2.07. The normalized spacial score (nSPS) is 10.2. The van der Waals surface area contributed by atoms with E-state index in [9.17, 15) is 9.18 Å². The average Bonchev–Trinajstić information content (AvgIpc) is 2.42. The lowest BCUT2D eigenvalue weighted by molar-refractivity contribution is -0.114. The molecule has 0 aliphatic carbocycles. The van der Waals surface area contributed by atoms with E-state index in [-0.39, 0.29) is 18.1 Å². The third-order valence-electron chi connectivity index (χ3n) is 2.79. The van der Waals surface area contributed by atoms with Crippen LogP contribution in [0, 0.1) is 12.7 Å². The lowest BCUT2D eigenvalue weighted by atomic mass is 10.2. The Labute approximate surface area is 121 Å². The Balaban J connectivity index is 1.96. The summed E-state index contributed by atoms with van der Waals surface area (Å²) in [5.41, 5.74) is 1.98. The lowest BCUT2D eigenvalue weighted by Crippen LogP contribution is -2.22. The number of aryl methyl sites for hydroxylation is 1. The molecule has 20 heavy (non-hydrogen) atoms. The van der Waals surface area contributed by atoms with Crippen LogP contribution < -0.4 is 10.6 Å². The highest BCUT2D eigenvalue weighted by Gasteiger charge is 2.08. The van der Waals surface area contributed by atoms with Gasteiger partial charge in [0.1, 0.15) is 5.82 Å². The number of para-hydroxylation sites is 1. The second-order valence-corrected chi connectivity index (χ2v) is 4.78. The monoisotopic (exact) mass is 292 g/mol. The number of carbonyl (C=O) groups excluding carboxylic acids is 1. The molecular formula is C15H14ClFN2O. The number of amides is 1. The second-order valence-electron chi connectivity index (χ2n) is 4.34. The number of nitrogens with one attached hydrogen (secondary N) is 2. The first-order valence-electron chi connectivity index (χ1n) is 6.10. The Morgan fingerprint density at radius 1 is 1.20 bits per heavy atom. The van der Waals surface area contributed by atoms with Gasteiger partial charge in [0.2, 0.25) is 5.91 Å². The molecule has 0 unspecified atom stereocenters. The fraction of sp³-hybridized carbons (Fsp3) is 0.133. The van der Waals surface area contributed by atoms with Crippen LogP contribution in [-0.2, 0) is 4.79 Å². The Kier molecular flexibility index (Phi) is 4.58. The Morgan fingerprint density at radius 2 is 1.95 bits per heavy atom. The predicted molar refractivity (Wildman–Crippen MR) is 79.7 cm³/mol. The fourth-order valence-electron chi connectivity index (χ4n) is 1.73. The van der Waals surface area contributed by atoms with E-state index in [1.807, 2.05) is 31.2 Å². The van der Waals surface area contributed by atoms with Crippen molar-refractivity contribution >= 4 is 28.9 Å². The minimum atomic E-state index is -0.515. The molecule has 2 N–H and O–H groups in total. The number of benzene rings is 2. The molecule has 0 radical (unpaired) electrons. The maximum absolute atomic E-state index is 13.5. The maximum atomic E-state index is 13.5. The summed E-state index contributed by atoms with van der Waals surface area (Å²) in [6.45, 7) is 1.99. The molecule has 0 saturated carbocycles. The van der Waals surface area contributed by atoms with Gasteiger partial charge in [-0.3, -0.25) is 4.79 Å². The van der Waals surface area contributed by atoms with Crippen molar-refractivity contribution in [1.82, 2.24) is 0 Å². The first-order chi connectivity index (χ1) is 9.56. The van der Waals surface area contributed by atoms with Crippen molar-refractivity contribution in [3.05, 3.63) is 58.9 Å². The number of hydrogen-bond acceptors (Lipinski definition) is 2. The van der Waals surface area contributed by atoms with Crippen LogP contribution in [0.4, 0.5) is 15.8 Å². The Morgan fingerprint density at radius 3 is 2.70 bits per heavy atom.